The van der Waals surface area contributed by atoms with Crippen LogP contribution in [0, 0.1) is 6.92 Å². The molecule has 1 amide bonds. The SMILES string of the molecule is Cc1cccn2c(=O)c(C(=O)NC3(CO)CCCC3)cnc12. The average Bonchev–Trinajstić information content (AvgIpc) is 2.97. The van der Waals surface area contributed by atoms with Crippen LogP contribution in [0.5, 0.6) is 0 Å². The third-order valence-electron chi connectivity index (χ3n) is 4.41. The third-order valence-corrected chi connectivity index (χ3v) is 4.41. The first-order valence-corrected chi connectivity index (χ1v) is 7.47. The molecule has 2 aromatic heterocycles. The maximum atomic E-state index is 12.5. The van der Waals surface area contributed by atoms with Crippen LogP contribution >= 0.6 is 0 Å². The van der Waals surface area contributed by atoms with E-state index in [1.165, 1.54) is 10.6 Å². The van der Waals surface area contributed by atoms with E-state index in [-0.39, 0.29) is 12.2 Å². The van der Waals surface area contributed by atoms with E-state index in [1.54, 1.807) is 12.3 Å². The number of nitrogens with zero attached hydrogens (tertiary/aromatic N) is 2. The van der Waals surface area contributed by atoms with Crippen LogP contribution in [0.25, 0.3) is 5.65 Å². The topological polar surface area (TPSA) is 83.7 Å². The second kappa shape index (κ2) is 5.53. The number of fused-ring (bicyclic) bond motifs is 1. The monoisotopic (exact) mass is 301 g/mol. The molecule has 0 bridgehead atoms. The predicted molar refractivity (Wildman–Crippen MR) is 82.0 cm³/mol. The number of hydrogen-bond acceptors (Lipinski definition) is 4. The fraction of sp³-hybridized carbons (Fsp3) is 0.438. The maximum absolute atomic E-state index is 12.5. The molecular weight excluding hydrogens is 282 g/mol. The van der Waals surface area contributed by atoms with Gasteiger partial charge in [0.25, 0.3) is 11.5 Å². The lowest BCUT2D eigenvalue weighted by Gasteiger charge is -2.27. The van der Waals surface area contributed by atoms with Crippen LogP contribution in [-0.2, 0) is 0 Å². The summed E-state index contributed by atoms with van der Waals surface area (Å²) in [4.78, 5) is 29.2. The first kappa shape index (κ1) is 14.7. The molecule has 1 fully saturated rings. The van der Waals surface area contributed by atoms with Gasteiger partial charge in [-0.1, -0.05) is 18.9 Å². The molecule has 1 saturated carbocycles. The van der Waals surface area contributed by atoms with Gasteiger partial charge < -0.3 is 10.4 Å². The second-order valence-electron chi connectivity index (χ2n) is 5.96. The normalized spacial score (nSPS) is 16.8. The molecule has 2 heterocycles. The number of aliphatic hydroxyl groups excluding tert-OH is 1. The fourth-order valence-electron chi connectivity index (χ4n) is 3.09. The molecule has 0 saturated heterocycles. The zero-order valence-corrected chi connectivity index (χ0v) is 12.5. The summed E-state index contributed by atoms with van der Waals surface area (Å²) in [6.45, 7) is 1.75. The van der Waals surface area contributed by atoms with Crippen LogP contribution in [0.2, 0.25) is 0 Å². The summed E-state index contributed by atoms with van der Waals surface area (Å²) in [6, 6.07) is 3.61. The Bertz CT molecular complexity index is 776. The highest BCUT2D eigenvalue weighted by Gasteiger charge is 2.35. The van der Waals surface area contributed by atoms with Crippen molar-refractivity contribution in [3.05, 3.63) is 46.0 Å². The molecular formula is C16H19N3O3. The number of aromatic nitrogens is 2. The highest BCUT2D eigenvalue weighted by Crippen LogP contribution is 2.29. The van der Waals surface area contributed by atoms with Gasteiger partial charge in [-0.25, -0.2) is 4.98 Å². The molecule has 6 nitrogen and oxygen atoms in total. The molecule has 0 aromatic carbocycles. The number of rotatable bonds is 3. The molecule has 1 aliphatic rings. The molecule has 1 aliphatic carbocycles. The van der Waals surface area contributed by atoms with E-state index < -0.39 is 17.0 Å². The number of carbonyl (C=O) groups is 1. The molecule has 0 unspecified atom stereocenters. The average molecular weight is 301 g/mol. The van der Waals surface area contributed by atoms with Crippen LogP contribution in [0.15, 0.2) is 29.3 Å². The molecule has 0 spiro atoms. The summed E-state index contributed by atoms with van der Waals surface area (Å²) >= 11 is 0. The smallest absolute Gasteiger partial charge is 0.270 e. The zero-order chi connectivity index (χ0) is 15.7. The summed E-state index contributed by atoms with van der Waals surface area (Å²) in [5.41, 5.74) is 0.423. The van der Waals surface area contributed by atoms with E-state index in [0.717, 1.165) is 31.2 Å². The number of hydrogen-bond donors (Lipinski definition) is 2. The quantitative estimate of drug-likeness (QED) is 0.887. The maximum Gasteiger partial charge on any atom is 0.270 e. The molecule has 0 atom stereocenters. The minimum atomic E-state index is -0.601. The Balaban J connectivity index is 1.98. The van der Waals surface area contributed by atoms with Crippen LogP contribution in [0.4, 0.5) is 0 Å². The highest BCUT2D eigenvalue weighted by molar-refractivity contribution is 5.94. The van der Waals surface area contributed by atoms with Crippen molar-refractivity contribution in [2.24, 2.45) is 0 Å². The first-order valence-electron chi connectivity index (χ1n) is 7.47. The van der Waals surface area contributed by atoms with Gasteiger partial charge in [-0.3, -0.25) is 14.0 Å². The molecule has 3 rings (SSSR count). The van der Waals surface area contributed by atoms with E-state index in [2.05, 4.69) is 10.3 Å². The summed E-state index contributed by atoms with van der Waals surface area (Å²) in [6.07, 6.45) is 6.32. The number of aryl methyl sites for hydroxylation is 1. The molecule has 116 valence electrons. The highest BCUT2D eigenvalue weighted by atomic mass is 16.3. The van der Waals surface area contributed by atoms with Gasteiger partial charge in [-0.2, -0.15) is 0 Å². The lowest BCUT2D eigenvalue weighted by atomic mass is 9.98. The summed E-state index contributed by atoms with van der Waals surface area (Å²) < 4.78 is 1.38. The van der Waals surface area contributed by atoms with Gasteiger partial charge >= 0.3 is 0 Å². The van der Waals surface area contributed by atoms with E-state index in [0.29, 0.717) is 5.65 Å². The van der Waals surface area contributed by atoms with E-state index in [4.69, 9.17) is 0 Å². The van der Waals surface area contributed by atoms with Gasteiger partial charge in [0, 0.05) is 12.4 Å². The van der Waals surface area contributed by atoms with Gasteiger partial charge in [0.2, 0.25) is 0 Å². The molecule has 6 heteroatoms. The Kier molecular flexibility index (Phi) is 3.70. The number of carbonyl (C=O) groups excluding carboxylic acids is 1. The van der Waals surface area contributed by atoms with Crippen LogP contribution in [0.3, 0.4) is 0 Å². The number of nitrogens with one attached hydrogen (secondary N) is 1. The third kappa shape index (κ3) is 2.39. The molecule has 0 radical (unpaired) electrons. The number of aliphatic hydroxyl groups is 1. The first-order chi connectivity index (χ1) is 10.6. The number of pyridine rings is 1. The van der Waals surface area contributed by atoms with Crippen molar-refractivity contribution in [3.8, 4) is 0 Å². The standard InChI is InChI=1S/C16H19N3O3/c1-11-5-4-8-19-13(11)17-9-12(15(19)22)14(21)18-16(10-20)6-2-3-7-16/h4-5,8-9,20H,2-3,6-7,10H2,1H3,(H,18,21). The summed E-state index contributed by atoms with van der Waals surface area (Å²) in [5.74, 6) is -0.468. The Morgan fingerprint density at radius 1 is 1.45 bits per heavy atom. The van der Waals surface area contributed by atoms with Crippen LogP contribution in [-0.4, -0.2) is 32.5 Å². The van der Waals surface area contributed by atoms with Crippen molar-refractivity contribution >= 4 is 11.6 Å². The summed E-state index contributed by atoms with van der Waals surface area (Å²) in [5, 5.41) is 12.4. The van der Waals surface area contributed by atoms with Crippen LogP contribution < -0.4 is 10.9 Å². The minimum Gasteiger partial charge on any atom is -0.394 e. The van der Waals surface area contributed by atoms with Crippen LogP contribution in [0.1, 0.15) is 41.6 Å². The van der Waals surface area contributed by atoms with Gasteiger partial charge in [-0.15, -0.1) is 0 Å². The van der Waals surface area contributed by atoms with Gasteiger partial charge in [0.05, 0.1) is 12.1 Å². The van der Waals surface area contributed by atoms with Gasteiger partial charge in [0.1, 0.15) is 11.2 Å². The molecule has 2 aromatic rings. The van der Waals surface area contributed by atoms with E-state index in [1.807, 2.05) is 13.0 Å². The largest absolute Gasteiger partial charge is 0.394 e. The fourth-order valence-corrected chi connectivity index (χ4v) is 3.09. The van der Waals surface area contributed by atoms with Gasteiger partial charge in [0.15, 0.2) is 0 Å². The molecule has 0 aliphatic heterocycles. The lowest BCUT2D eigenvalue weighted by molar-refractivity contribution is 0.0836. The lowest BCUT2D eigenvalue weighted by Crippen LogP contribution is -2.50. The minimum absolute atomic E-state index is 0.00262. The predicted octanol–water partition coefficient (Wildman–Crippen LogP) is 1.04. The Labute approximate surface area is 127 Å². The van der Waals surface area contributed by atoms with E-state index >= 15 is 0 Å². The van der Waals surface area contributed by atoms with Crippen molar-refractivity contribution in [2.45, 2.75) is 38.1 Å². The van der Waals surface area contributed by atoms with Gasteiger partial charge in [-0.05, 0) is 31.4 Å². The zero-order valence-electron chi connectivity index (χ0n) is 12.5. The Morgan fingerprint density at radius 3 is 2.86 bits per heavy atom. The van der Waals surface area contributed by atoms with Crippen molar-refractivity contribution in [1.82, 2.24) is 14.7 Å². The Hall–Kier alpha value is -2.21. The number of amides is 1. The second-order valence-corrected chi connectivity index (χ2v) is 5.96. The van der Waals surface area contributed by atoms with Crippen molar-refractivity contribution < 1.29 is 9.90 Å². The van der Waals surface area contributed by atoms with Crippen molar-refractivity contribution in [1.29, 1.82) is 0 Å². The van der Waals surface area contributed by atoms with Crippen molar-refractivity contribution in [2.75, 3.05) is 6.61 Å². The van der Waals surface area contributed by atoms with Crippen molar-refractivity contribution in [3.63, 3.8) is 0 Å². The molecule has 2 N–H and O–H groups in total. The Morgan fingerprint density at radius 2 is 2.18 bits per heavy atom. The summed E-state index contributed by atoms with van der Waals surface area (Å²) in [7, 11) is 0. The molecule has 22 heavy (non-hydrogen) atoms. The van der Waals surface area contributed by atoms with E-state index in [9.17, 15) is 14.7 Å².